The predicted molar refractivity (Wildman–Crippen MR) is 217 cm³/mol. The molecule has 300 valence electrons. The fourth-order valence-corrected chi connectivity index (χ4v) is 7.64. The fraction of sp³-hybridized carbons (Fsp3) is 0.523. The molecule has 0 aromatic heterocycles. The second-order valence-corrected chi connectivity index (χ2v) is 22.6. The van der Waals surface area contributed by atoms with Gasteiger partial charge in [0.25, 0.3) is 0 Å². The number of benzene rings is 3. The molecule has 0 N–H and O–H groups in total. The van der Waals surface area contributed by atoms with Crippen LogP contribution in [0.5, 0.6) is 5.75 Å². The summed E-state index contributed by atoms with van der Waals surface area (Å²) in [6.45, 7) is 22.2. The molecule has 0 saturated carbocycles. The molecule has 3 aromatic carbocycles. The maximum atomic E-state index is 14.4. The van der Waals surface area contributed by atoms with Gasteiger partial charge in [-0.15, -0.1) is 0 Å². The summed E-state index contributed by atoms with van der Waals surface area (Å²) in [4.78, 5) is 45.8. The van der Waals surface area contributed by atoms with Crippen LogP contribution in [-0.4, -0.2) is 73.3 Å². The summed E-state index contributed by atoms with van der Waals surface area (Å²) in [6.07, 6.45) is -1.83. The molecule has 1 fully saturated rings. The average molecular weight is 775 g/mol. The molecule has 1 aliphatic rings. The lowest BCUT2D eigenvalue weighted by Crippen LogP contribution is -2.56. The third-order valence-corrected chi connectivity index (χ3v) is 14.5. The van der Waals surface area contributed by atoms with Crippen LogP contribution in [0.4, 0.5) is 9.59 Å². The molecule has 4 atom stereocenters. The minimum Gasteiger partial charge on any atom is -0.497 e. The van der Waals surface area contributed by atoms with Gasteiger partial charge < -0.3 is 28.3 Å². The highest BCUT2D eigenvalue weighted by Gasteiger charge is 2.49. The summed E-state index contributed by atoms with van der Waals surface area (Å²) in [5, 5.41) is -0.147. The molecule has 0 radical (unpaired) electrons. The van der Waals surface area contributed by atoms with Crippen LogP contribution in [-0.2, 0) is 30.0 Å². The Morgan fingerprint density at radius 1 is 0.800 bits per heavy atom. The number of methoxy groups -OCH3 is 1. The number of carbonyl (C=O) groups is 3. The van der Waals surface area contributed by atoms with Crippen molar-refractivity contribution in [3.63, 3.8) is 0 Å². The molecule has 3 aromatic rings. The van der Waals surface area contributed by atoms with Crippen LogP contribution in [0, 0.1) is 0 Å². The Bertz CT molecular complexity index is 1710. The lowest BCUT2D eigenvalue weighted by atomic mass is 9.90. The molecule has 2 amide bonds. The SMILES string of the molecule is COc1ccc(CN(C[C@@H](CC[C@H]2C(=O)O[C@H](c3ccccc3)[C@H](c3ccccc3)N2C(=O)OC(C)(C)C)O[Si](C)(C)C(C)(C)C)C(=O)OC(C)(C)C)cc1. The van der Waals surface area contributed by atoms with Gasteiger partial charge in [0.1, 0.15) is 29.0 Å². The molecule has 1 heterocycles. The van der Waals surface area contributed by atoms with Gasteiger partial charge in [0.05, 0.1) is 13.2 Å². The molecule has 55 heavy (non-hydrogen) atoms. The quantitative estimate of drug-likeness (QED) is 0.102. The van der Waals surface area contributed by atoms with Gasteiger partial charge in [0.2, 0.25) is 0 Å². The van der Waals surface area contributed by atoms with Crippen LogP contribution in [0.2, 0.25) is 18.1 Å². The van der Waals surface area contributed by atoms with Gasteiger partial charge in [0.15, 0.2) is 14.4 Å². The van der Waals surface area contributed by atoms with E-state index in [0.717, 1.165) is 16.7 Å². The van der Waals surface area contributed by atoms with Crippen molar-refractivity contribution in [2.75, 3.05) is 13.7 Å². The van der Waals surface area contributed by atoms with Gasteiger partial charge in [0, 0.05) is 13.1 Å². The van der Waals surface area contributed by atoms with E-state index in [9.17, 15) is 14.4 Å². The Balaban J connectivity index is 1.76. The van der Waals surface area contributed by atoms with E-state index < -0.39 is 62.0 Å². The van der Waals surface area contributed by atoms with E-state index in [0.29, 0.717) is 12.2 Å². The number of amides is 2. The molecule has 0 bridgehead atoms. The van der Waals surface area contributed by atoms with E-state index in [1.54, 1.807) is 16.9 Å². The predicted octanol–water partition coefficient (Wildman–Crippen LogP) is 10.2. The van der Waals surface area contributed by atoms with Crippen LogP contribution < -0.4 is 4.74 Å². The number of nitrogens with zero attached hydrogens (tertiary/aromatic N) is 2. The van der Waals surface area contributed by atoms with Gasteiger partial charge in [-0.3, -0.25) is 4.90 Å². The molecule has 10 nitrogen and oxygen atoms in total. The highest BCUT2D eigenvalue weighted by Crippen LogP contribution is 2.44. The van der Waals surface area contributed by atoms with Gasteiger partial charge in [-0.25, -0.2) is 14.4 Å². The van der Waals surface area contributed by atoms with E-state index in [1.807, 2.05) is 126 Å². The largest absolute Gasteiger partial charge is 0.497 e. The molecule has 1 saturated heterocycles. The Labute approximate surface area is 329 Å². The number of carbonyl (C=O) groups excluding carboxylic acids is 3. The number of morpholine rings is 1. The zero-order valence-electron chi connectivity index (χ0n) is 34.9. The summed E-state index contributed by atoms with van der Waals surface area (Å²) in [5.41, 5.74) is 0.914. The van der Waals surface area contributed by atoms with Crippen molar-refractivity contribution in [1.29, 1.82) is 0 Å². The summed E-state index contributed by atoms with van der Waals surface area (Å²) in [7, 11) is -0.821. The number of hydrogen-bond acceptors (Lipinski definition) is 8. The van der Waals surface area contributed by atoms with E-state index >= 15 is 0 Å². The lowest BCUT2D eigenvalue weighted by molar-refractivity contribution is -0.175. The van der Waals surface area contributed by atoms with Crippen LogP contribution in [0.1, 0.15) is 104 Å². The number of ether oxygens (including phenoxy) is 4. The van der Waals surface area contributed by atoms with Gasteiger partial charge in [-0.2, -0.15) is 0 Å². The molecule has 4 rings (SSSR count). The third-order valence-electron chi connectivity index (χ3n) is 9.95. The molecule has 0 aliphatic carbocycles. The Hall–Kier alpha value is -4.35. The molecule has 0 unspecified atom stereocenters. The van der Waals surface area contributed by atoms with Crippen molar-refractivity contribution in [2.24, 2.45) is 0 Å². The van der Waals surface area contributed by atoms with Crippen molar-refractivity contribution >= 4 is 26.5 Å². The monoisotopic (exact) mass is 774 g/mol. The highest BCUT2D eigenvalue weighted by molar-refractivity contribution is 6.74. The van der Waals surface area contributed by atoms with E-state index in [2.05, 4.69) is 33.9 Å². The average Bonchev–Trinajstić information content (AvgIpc) is 3.09. The van der Waals surface area contributed by atoms with E-state index in [4.69, 9.17) is 23.4 Å². The standard InChI is InChI=1S/C44H62N2O8Si/c1-42(2,3)52-40(48)45(29-31-23-25-34(50-10)26-24-31)30-35(54-55(11,12)44(7,8)9)27-28-36-39(47)51-38(33-21-17-14-18-22-33)37(32-19-15-13-16-20-32)46(36)41(49)53-43(4,5)6/h13-26,35-38H,27-30H2,1-12H3/t35-,36+,37+,38-/m1/s1. The summed E-state index contributed by atoms with van der Waals surface area (Å²) in [5.74, 6) is 0.184. The smallest absolute Gasteiger partial charge is 0.411 e. The molecular weight excluding hydrogens is 713 g/mol. The summed E-state index contributed by atoms with van der Waals surface area (Å²) < 4.78 is 30.7. The third kappa shape index (κ3) is 12.1. The molecule has 1 aliphatic heterocycles. The van der Waals surface area contributed by atoms with E-state index in [-0.39, 0.29) is 24.5 Å². The second kappa shape index (κ2) is 17.6. The van der Waals surface area contributed by atoms with Crippen LogP contribution >= 0.6 is 0 Å². The van der Waals surface area contributed by atoms with Crippen molar-refractivity contribution in [1.82, 2.24) is 9.80 Å². The van der Waals surface area contributed by atoms with Crippen molar-refractivity contribution in [3.8, 4) is 5.75 Å². The first-order valence-corrected chi connectivity index (χ1v) is 22.1. The van der Waals surface area contributed by atoms with Gasteiger partial charge in [-0.05, 0) is 101 Å². The molecule has 0 spiro atoms. The Kier molecular flexibility index (Phi) is 13.9. The maximum Gasteiger partial charge on any atom is 0.411 e. The van der Waals surface area contributed by atoms with E-state index in [1.165, 1.54) is 0 Å². The summed E-state index contributed by atoms with van der Waals surface area (Å²) in [6, 6.07) is 25.0. The topological polar surface area (TPSA) is 104 Å². The maximum absolute atomic E-state index is 14.4. The Morgan fingerprint density at radius 2 is 1.35 bits per heavy atom. The van der Waals surface area contributed by atoms with Gasteiger partial charge in [-0.1, -0.05) is 93.6 Å². The zero-order chi connectivity index (χ0) is 40.8. The van der Waals surface area contributed by atoms with Gasteiger partial charge >= 0.3 is 18.2 Å². The number of cyclic esters (lactones) is 1. The minimum atomic E-state index is -2.43. The van der Waals surface area contributed by atoms with Crippen molar-refractivity contribution < 1.29 is 37.8 Å². The van der Waals surface area contributed by atoms with Crippen LogP contribution in [0.15, 0.2) is 84.9 Å². The Morgan fingerprint density at radius 3 is 1.85 bits per heavy atom. The highest BCUT2D eigenvalue weighted by atomic mass is 28.4. The first kappa shape index (κ1) is 43.4. The lowest BCUT2D eigenvalue weighted by Gasteiger charge is -2.46. The zero-order valence-corrected chi connectivity index (χ0v) is 35.9. The van der Waals surface area contributed by atoms with Crippen LogP contribution in [0.3, 0.4) is 0 Å². The fourth-order valence-electron chi connectivity index (χ4n) is 6.26. The first-order chi connectivity index (χ1) is 25.6. The van der Waals surface area contributed by atoms with Crippen molar-refractivity contribution in [2.45, 2.75) is 135 Å². The number of rotatable bonds is 12. The number of hydrogen-bond donors (Lipinski definition) is 0. The first-order valence-electron chi connectivity index (χ1n) is 19.2. The number of esters is 1. The molecular formula is C44H62N2O8Si. The second-order valence-electron chi connectivity index (χ2n) is 17.8. The summed E-state index contributed by atoms with van der Waals surface area (Å²) >= 11 is 0. The van der Waals surface area contributed by atoms with Crippen molar-refractivity contribution in [3.05, 3.63) is 102 Å². The molecule has 11 heteroatoms. The van der Waals surface area contributed by atoms with Crippen LogP contribution in [0.25, 0.3) is 0 Å². The minimum absolute atomic E-state index is 0.147. The normalized spacial score (nSPS) is 18.6.